The normalized spacial score (nSPS) is 11.9. The van der Waals surface area contributed by atoms with Crippen LogP contribution in [0.1, 0.15) is 0 Å². The van der Waals surface area contributed by atoms with Crippen LogP contribution in [0, 0.1) is 0 Å². The van der Waals surface area contributed by atoms with Crippen molar-refractivity contribution in [2.24, 2.45) is 0 Å². The molecule has 0 aliphatic rings. The Morgan fingerprint density at radius 3 is 0.551 bits per heavy atom. The summed E-state index contributed by atoms with van der Waals surface area (Å²) in [5, 5.41) is 10.4. The van der Waals surface area contributed by atoms with Gasteiger partial charge in [0.15, 0.2) is 34.9 Å². The van der Waals surface area contributed by atoms with Crippen LogP contribution in [0.25, 0.3) is 207 Å². The van der Waals surface area contributed by atoms with Crippen LogP contribution in [-0.2, 0) is 0 Å². The topological polar surface area (TPSA) is 141 Å². The molecule has 107 heavy (non-hydrogen) atoms. The van der Waals surface area contributed by atoms with Gasteiger partial charge in [0.25, 0.3) is 0 Å². The molecule has 0 saturated carbocycles. The molecule has 14 aromatic carbocycles. The monoisotopic (exact) mass is 1370 g/mol. The number of benzene rings is 14. The standard InChI is InChI=1S/C93H56N14/c1-9-29-57(30-10-1)85-94-86(58-31-11-2-12-32-58)98-91(97-85)105-75-47-27-25-45-65(75)67-49-77-69(53-81(67)105)71-55-83-73(51-79(71)103(77)63-41-21-7-22-42-63)74-52-80-72(56-84(74)107(83)93-101-89(61-37-17-5-18-38-61)96-90(102-93)62-39-19-6-20-40-62)70-54-82-68(50-78(70)104(80)64-43-23-8-24-44-64)66-46-26-28-48-76(66)106(82)92-99-87(59-33-13-3-14-34-59)95-88(100-92)60-35-15-4-16-36-60/h1-56H. The van der Waals surface area contributed by atoms with E-state index < -0.39 is 0 Å². The van der Waals surface area contributed by atoms with Gasteiger partial charge < -0.3 is 9.13 Å². The highest BCUT2D eigenvalue weighted by atomic mass is 15.2. The summed E-state index contributed by atoms with van der Waals surface area (Å²) in [6, 6.07) is 119. The van der Waals surface area contributed by atoms with Gasteiger partial charge >= 0.3 is 0 Å². The van der Waals surface area contributed by atoms with Crippen molar-refractivity contribution >= 4 is 109 Å². The lowest BCUT2D eigenvalue weighted by Crippen LogP contribution is -2.06. The molecule has 0 amide bonds. The molecule has 498 valence electrons. The second-order valence-electron chi connectivity index (χ2n) is 27.0. The molecule has 0 radical (unpaired) electrons. The maximum absolute atomic E-state index is 5.58. The third-order valence-electron chi connectivity index (χ3n) is 20.8. The fourth-order valence-corrected chi connectivity index (χ4v) is 16.0. The van der Waals surface area contributed by atoms with E-state index in [4.69, 9.17) is 44.9 Å². The van der Waals surface area contributed by atoms with Crippen LogP contribution < -0.4 is 0 Å². The van der Waals surface area contributed by atoms with Gasteiger partial charge in [-0.2, -0.15) is 29.9 Å². The summed E-state index contributed by atoms with van der Waals surface area (Å²) in [4.78, 5) is 48.2. The van der Waals surface area contributed by atoms with Gasteiger partial charge in [-0.3, -0.25) is 13.7 Å². The summed E-state index contributed by atoms with van der Waals surface area (Å²) in [6.07, 6.45) is 0. The molecule has 8 heterocycles. The van der Waals surface area contributed by atoms with Crippen molar-refractivity contribution in [3.63, 3.8) is 0 Å². The molecule has 14 heteroatoms. The maximum atomic E-state index is 5.58. The minimum atomic E-state index is 0.469. The van der Waals surface area contributed by atoms with Gasteiger partial charge in [-0.05, 0) is 84.9 Å². The molecule has 0 aliphatic heterocycles. The van der Waals surface area contributed by atoms with Crippen molar-refractivity contribution in [2.75, 3.05) is 0 Å². The fraction of sp³-hybridized carbons (Fsp3) is 0. The van der Waals surface area contributed by atoms with Crippen molar-refractivity contribution in [1.82, 2.24) is 67.7 Å². The molecule has 8 aromatic heterocycles. The molecule has 14 nitrogen and oxygen atoms in total. The zero-order chi connectivity index (χ0) is 70.2. The Labute approximate surface area is 610 Å². The van der Waals surface area contributed by atoms with Gasteiger partial charge in [0.1, 0.15) is 0 Å². The lowest BCUT2D eigenvalue weighted by atomic mass is 10.1. The Morgan fingerprint density at radius 1 is 0.140 bits per heavy atom. The summed E-state index contributed by atoms with van der Waals surface area (Å²) >= 11 is 0. The summed E-state index contributed by atoms with van der Waals surface area (Å²) < 4.78 is 11.6. The average Bonchev–Trinajstić information content (AvgIpc) is 1.53. The van der Waals surface area contributed by atoms with Crippen molar-refractivity contribution in [3.8, 4) is 97.5 Å². The highest BCUT2D eigenvalue weighted by molar-refractivity contribution is 6.26. The second kappa shape index (κ2) is 23.9. The number of nitrogens with zero attached hydrogens (tertiary/aromatic N) is 14. The molecule has 22 rings (SSSR count). The fourth-order valence-electron chi connectivity index (χ4n) is 16.0. The number of hydrogen-bond acceptors (Lipinski definition) is 9. The Morgan fingerprint density at radius 2 is 0.318 bits per heavy atom. The number of fused-ring (bicyclic) bond motifs is 15. The SMILES string of the molecule is c1ccc(-c2nc(-c3ccccc3)nc(-n3c4ccccc4c4cc5c(cc43)c3cc4c(cc3n5-c3ccccc3)c3cc5c(cc3n4-c3nc(-c4ccccc4)nc(-c4ccccc4)n3)c3cc4c(cc3n5-c3ccccc3)c3ccccc3n4-c3nc(-c4ccccc4)nc(-c4ccccc4)n3)n2)cc1. The molecule has 0 saturated heterocycles. The van der Waals surface area contributed by atoms with Gasteiger partial charge in [-0.25, -0.2) is 15.0 Å². The van der Waals surface area contributed by atoms with Crippen molar-refractivity contribution in [3.05, 3.63) is 340 Å². The van der Waals surface area contributed by atoms with E-state index in [-0.39, 0.29) is 0 Å². The lowest BCUT2D eigenvalue weighted by Gasteiger charge is -2.11. The first-order chi connectivity index (χ1) is 53.0. The molecule has 0 spiro atoms. The van der Waals surface area contributed by atoms with Crippen LogP contribution in [0.3, 0.4) is 0 Å². The van der Waals surface area contributed by atoms with Crippen LogP contribution in [0.2, 0.25) is 0 Å². The number of rotatable bonds is 11. The predicted molar refractivity (Wildman–Crippen MR) is 431 cm³/mol. The van der Waals surface area contributed by atoms with Crippen LogP contribution >= 0.6 is 0 Å². The highest BCUT2D eigenvalue weighted by Crippen LogP contribution is 2.47. The van der Waals surface area contributed by atoms with E-state index >= 15 is 0 Å². The Kier molecular flexibility index (Phi) is 13.3. The zero-order valence-corrected chi connectivity index (χ0v) is 57.1. The van der Waals surface area contributed by atoms with Crippen molar-refractivity contribution in [2.45, 2.75) is 0 Å². The molecule has 0 unspecified atom stereocenters. The van der Waals surface area contributed by atoms with E-state index in [0.717, 1.165) is 154 Å². The summed E-state index contributed by atoms with van der Waals surface area (Å²) in [5.41, 5.74) is 17.1. The summed E-state index contributed by atoms with van der Waals surface area (Å²) in [5.74, 6) is 4.90. The maximum Gasteiger partial charge on any atom is 0.238 e. The average molecular weight is 1370 g/mol. The Bertz CT molecular complexity index is 6770. The third kappa shape index (κ3) is 9.56. The third-order valence-corrected chi connectivity index (χ3v) is 20.8. The first-order valence-corrected chi connectivity index (χ1v) is 35.7. The molecule has 22 aromatic rings. The predicted octanol–water partition coefficient (Wildman–Crippen LogP) is 21.7. The quantitative estimate of drug-likeness (QED) is 0.124. The first kappa shape index (κ1) is 59.8. The summed E-state index contributed by atoms with van der Waals surface area (Å²) in [6.45, 7) is 0. The number of hydrogen-bond donors (Lipinski definition) is 0. The van der Waals surface area contributed by atoms with Crippen LogP contribution in [0.15, 0.2) is 340 Å². The van der Waals surface area contributed by atoms with Gasteiger partial charge in [-0.1, -0.05) is 255 Å². The molecular weight excluding hydrogens is 1310 g/mol. The number of para-hydroxylation sites is 4. The van der Waals surface area contributed by atoms with Gasteiger partial charge in [-0.15, -0.1) is 0 Å². The molecule has 0 aliphatic carbocycles. The van der Waals surface area contributed by atoms with Crippen molar-refractivity contribution < 1.29 is 0 Å². The second-order valence-corrected chi connectivity index (χ2v) is 27.0. The molecule has 0 bridgehead atoms. The highest BCUT2D eigenvalue weighted by Gasteiger charge is 2.28. The minimum absolute atomic E-state index is 0.469. The smallest absolute Gasteiger partial charge is 0.238 e. The van der Waals surface area contributed by atoms with Crippen LogP contribution in [0.4, 0.5) is 0 Å². The van der Waals surface area contributed by atoms with E-state index in [2.05, 4.69) is 253 Å². The van der Waals surface area contributed by atoms with Crippen LogP contribution in [-0.4, -0.2) is 67.7 Å². The lowest BCUT2D eigenvalue weighted by molar-refractivity contribution is 0.953. The van der Waals surface area contributed by atoms with E-state index in [9.17, 15) is 0 Å². The van der Waals surface area contributed by atoms with E-state index in [1.807, 2.05) is 109 Å². The first-order valence-electron chi connectivity index (χ1n) is 35.7. The van der Waals surface area contributed by atoms with Gasteiger partial charge in [0.2, 0.25) is 17.8 Å². The van der Waals surface area contributed by atoms with Crippen LogP contribution in [0.5, 0.6) is 0 Å². The van der Waals surface area contributed by atoms with Crippen molar-refractivity contribution in [1.29, 1.82) is 0 Å². The molecule has 0 fully saturated rings. The summed E-state index contributed by atoms with van der Waals surface area (Å²) in [7, 11) is 0. The Hall–Kier alpha value is -14.9. The number of aromatic nitrogens is 14. The van der Waals surface area contributed by atoms with E-state index in [0.29, 0.717) is 52.8 Å². The molecule has 0 N–H and O–H groups in total. The zero-order valence-electron chi connectivity index (χ0n) is 57.1. The van der Waals surface area contributed by atoms with E-state index in [1.54, 1.807) is 0 Å². The van der Waals surface area contributed by atoms with E-state index in [1.165, 1.54) is 0 Å². The van der Waals surface area contributed by atoms with Gasteiger partial charge in [0, 0.05) is 98.6 Å². The van der Waals surface area contributed by atoms with Gasteiger partial charge in [0.05, 0.1) is 55.2 Å². The minimum Gasteiger partial charge on any atom is -0.309 e. The molecular formula is C93H56N14. The Balaban J connectivity index is 0.871. The molecule has 0 atom stereocenters. The largest absolute Gasteiger partial charge is 0.309 e.